The average Bonchev–Trinajstić information content (AvgIpc) is 3.25. The third-order valence-corrected chi connectivity index (χ3v) is 4.19. The maximum atomic E-state index is 12.8. The quantitative estimate of drug-likeness (QED) is 0.510. The van der Waals surface area contributed by atoms with Crippen molar-refractivity contribution >= 4 is 11.6 Å². The highest BCUT2D eigenvalue weighted by Gasteiger charge is 2.31. The number of benzene rings is 1. The molecule has 1 aromatic carbocycles. The van der Waals surface area contributed by atoms with E-state index in [9.17, 15) is 18.0 Å². The number of nitrogens with one attached hydrogen (secondary N) is 1. The second kappa shape index (κ2) is 8.27. The molecule has 1 amide bonds. The van der Waals surface area contributed by atoms with Gasteiger partial charge in [0.1, 0.15) is 5.75 Å². The third-order valence-electron chi connectivity index (χ3n) is 4.19. The van der Waals surface area contributed by atoms with Crippen molar-refractivity contribution in [2.45, 2.75) is 6.36 Å². The molecule has 3 aromatic heterocycles. The number of hydrogen-bond acceptors (Lipinski definition) is 5. The molecule has 1 N–H and O–H groups in total. The Morgan fingerprint density at radius 1 is 0.968 bits per heavy atom. The normalized spacial score (nSPS) is 11.2. The number of aromatic nitrogens is 4. The molecule has 0 fully saturated rings. The van der Waals surface area contributed by atoms with Gasteiger partial charge < -0.3 is 10.1 Å². The van der Waals surface area contributed by atoms with Crippen molar-refractivity contribution in [1.82, 2.24) is 19.7 Å². The number of pyridine rings is 2. The second-order valence-corrected chi connectivity index (χ2v) is 6.31. The van der Waals surface area contributed by atoms with Gasteiger partial charge in [-0.15, -0.1) is 13.2 Å². The van der Waals surface area contributed by atoms with Crippen molar-refractivity contribution in [2.24, 2.45) is 0 Å². The summed E-state index contributed by atoms with van der Waals surface area (Å²) in [6.07, 6.45) is 3.45. The summed E-state index contributed by atoms with van der Waals surface area (Å²) in [7, 11) is 0. The monoisotopic (exact) mass is 425 g/mol. The SMILES string of the molecule is O=C(Nc1ccc(OC(F)(F)F)cc1)c1cccnc1-n1cc(-c2ccncc2)cn1. The predicted molar refractivity (Wildman–Crippen MR) is 106 cm³/mol. The number of hydrogen-bond donors (Lipinski definition) is 1. The van der Waals surface area contributed by atoms with Gasteiger partial charge >= 0.3 is 6.36 Å². The molecule has 0 aliphatic rings. The molecule has 0 radical (unpaired) electrons. The summed E-state index contributed by atoms with van der Waals surface area (Å²) >= 11 is 0. The van der Waals surface area contributed by atoms with Crippen molar-refractivity contribution in [2.75, 3.05) is 5.32 Å². The lowest BCUT2D eigenvalue weighted by molar-refractivity contribution is -0.274. The Hall–Kier alpha value is -4.21. The standard InChI is InChI=1S/C21H14F3N5O2/c22-21(23,24)31-17-5-3-16(4-6-17)28-20(30)18-2-1-9-26-19(18)29-13-15(12-27-29)14-7-10-25-11-8-14/h1-13H,(H,28,30). The molecule has 0 atom stereocenters. The first-order chi connectivity index (χ1) is 14.9. The van der Waals surface area contributed by atoms with Crippen LogP contribution in [0.2, 0.25) is 0 Å². The highest BCUT2D eigenvalue weighted by molar-refractivity contribution is 6.06. The Kier molecular flexibility index (Phi) is 5.35. The van der Waals surface area contributed by atoms with Gasteiger partial charge in [-0.1, -0.05) is 0 Å². The molecule has 0 saturated heterocycles. The Morgan fingerprint density at radius 3 is 2.42 bits per heavy atom. The molecule has 3 heterocycles. The van der Waals surface area contributed by atoms with E-state index in [0.717, 1.165) is 23.3 Å². The van der Waals surface area contributed by atoms with Gasteiger partial charge in [0, 0.05) is 36.0 Å². The fourth-order valence-electron chi connectivity index (χ4n) is 2.83. The van der Waals surface area contributed by atoms with Crippen molar-refractivity contribution in [3.63, 3.8) is 0 Å². The predicted octanol–water partition coefficient (Wildman–Crippen LogP) is 4.48. The minimum Gasteiger partial charge on any atom is -0.406 e. The molecule has 0 saturated carbocycles. The molecule has 0 aliphatic heterocycles. The van der Waals surface area contributed by atoms with Crippen LogP contribution in [0.4, 0.5) is 18.9 Å². The van der Waals surface area contributed by atoms with Crippen LogP contribution < -0.4 is 10.1 Å². The summed E-state index contributed by atoms with van der Waals surface area (Å²) in [6.45, 7) is 0. The number of amides is 1. The molecule has 0 spiro atoms. The first kappa shape index (κ1) is 20.1. The zero-order valence-corrected chi connectivity index (χ0v) is 15.7. The Balaban J connectivity index is 1.55. The average molecular weight is 425 g/mol. The highest BCUT2D eigenvalue weighted by Crippen LogP contribution is 2.25. The van der Waals surface area contributed by atoms with Crippen molar-refractivity contribution in [1.29, 1.82) is 0 Å². The van der Waals surface area contributed by atoms with E-state index in [1.54, 1.807) is 36.9 Å². The molecule has 0 unspecified atom stereocenters. The van der Waals surface area contributed by atoms with Gasteiger partial charge in [0.05, 0.1) is 11.8 Å². The number of halogens is 3. The number of ether oxygens (including phenoxy) is 1. The van der Waals surface area contributed by atoms with Gasteiger partial charge in [-0.25, -0.2) is 9.67 Å². The Labute approximate surface area is 174 Å². The smallest absolute Gasteiger partial charge is 0.406 e. The number of carbonyl (C=O) groups excluding carboxylic acids is 1. The molecular formula is C21H14F3N5O2. The molecule has 156 valence electrons. The van der Waals surface area contributed by atoms with E-state index in [0.29, 0.717) is 11.5 Å². The van der Waals surface area contributed by atoms with E-state index in [1.807, 2.05) is 12.1 Å². The summed E-state index contributed by atoms with van der Waals surface area (Å²) in [5.41, 5.74) is 2.26. The lowest BCUT2D eigenvalue weighted by Crippen LogP contribution is -2.17. The number of rotatable bonds is 5. The zero-order chi connectivity index (χ0) is 21.8. The molecule has 10 heteroatoms. The Morgan fingerprint density at radius 2 is 1.71 bits per heavy atom. The first-order valence-corrected chi connectivity index (χ1v) is 8.97. The van der Waals surface area contributed by atoms with Gasteiger partial charge in [-0.2, -0.15) is 5.10 Å². The van der Waals surface area contributed by atoms with Crippen molar-refractivity contribution in [3.8, 4) is 22.7 Å². The maximum Gasteiger partial charge on any atom is 0.573 e. The summed E-state index contributed by atoms with van der Waals surface area (Å²) in [4.78, 5) is 21.0. The lowest BCUT2D eigenvalue weighted by atomic mass is 10.1. The number of anilines is 1. The van der Waals surface area contributed by atoms with E-state index in [2.05, 4.69) is 25.1 Å². The number of carbonyl (C=O) groups is 1. The second-order valence-electron chi connectivity index (χ2n) is 6.31. The minimum absolute atomic E-state index is 0.238. The van der Waals surface area contributed by atoms with Gasteiger partial charge in [0.15, 0.2) is 5.82 Å². The Bertz CT molecular complexity index is 1190. The van der Waals surface area contributed by atoms with Gasteiger partial charge in [-0.05, 0) is 54.1 Å². The van der Waals surface area contributed by atoms with E-state index in [1.165, 1.54) is 23.0 Å². The number of nitrogens with zero attached hydrogens (tertiary/aromatic N) is 4. The van der Waals surface area contributed by atoms with Crippen LogP contribution in [0.5, 0.6) is 5.75 Å². The number of alkyl halides is 3. The van der Waals surface area contributed by atoms with Crippen LogP contribution in [0.1, 0.15) is 10.4 Å². The van der Waals surface area contributed by atoms with Crippen LogP contribution in [0.15, 0.2) is 79.5 Å². The maximum absolute atomic E-state index is 12.8. The van der Waals surface area contributed by atoms with Gasteiger partial charge in [-0.3, -0.25) is 9.78 Å². The highest BCUT2D eigenvalue weighted by atomic mass is 19.4. The third kappa shape index (κ3) is 4.86. The first-order valence-electron chi connectivity index (χ1n) is 8.97. The summed E-state index contributed by atoms with van der Waals surface area (Å²) in [5, 5.41) is 6.92. The van der Waals surface area contributed by atoms with E-state index in [4.69, 9.17) is 0 Å². The van der Waals surface area contributed by atoms with Crippen LogP contribution in [-0.2, 0) is 0 Å². The summed E-state index contributed by atoms with van der Waals surface area (Å²) in [6, 6.07) is 11.7. The molecule has 4 aromatic rings. The molecule has 0 bridgehead atoms. The van der Waals surface area contributed by atoms with E-state index >= 15 is 0 Å². The van der Waals surface area contributed by atoms with Crippen molar-refractivity contribution in [3.05, 3.63) is 85.1 Å². The van der Waals surface area contributed by atoms with E-state index < -0.39 is 12.3 Å². The molecule has 0 aliphatic carbocycles. The fourth-order valence-corrected chi connectivity index (χ4v) is 2.83. The largest absolute Gasteiger partial charge is 0.573 e. The molecule has 31 heavy (non-hydrogen) atoms. The van der Waals surface area contributed by atoms with Gasteiger partial charge in [0.25, 0.3) is 5.91 Å². The van der Waals surface area contributed by atoms with Crippen LogP contribution >= 0.6 is 0 Å². The van der Waals surface area contributed by atoms with E-state index in [-0.39, 0.29) is 11.3 Å². The van der Waals surface area contributed by atoms with Crippen molar-refractivity contribution < 1.29 is 22.7 Å². The van der Waals surface area contributed by atoms with Crippen LogP contribution in [0, 0.1) is 0 Å². The lowest BCUT2D eigenvalue weighted by Gasteiger charge is -2.11. The zero-order valence-electron chi connectivity index (χ0n) is 15.7. The molecular weight excluding hydrogens is 411 g/mol. The molecule has 7 nitrogen and oxygen atoms in total. The van der Waals surface area contributed by atoms with Crippen LogP contribution in [-0.4, -0.2) is 32.0 Å². The van der Waals surface area contributed by atoms with Gasteiger partial charge in [0.2, 0.25) is 0 Å². The fraction of sp³-hybridized carbons (Fsp3) is 0.0476. The summed E-state index contributed by atoms with van der Waals surface area (Å²) < 4.78 is 42.1. The minimum atomic E-state index is -4.78. The topological polar surface area (TPSA) is 81.9 Å². The van der Waals surface area contributed by atoms with Crippen LogP contribution in [0.25, 0.3) is 16.9 Å². The summed E-state index contributed by atoms with van der Waals surface area (Å²) in [5.74, 6) is -0.571. The molecule has 4 rings (SSSR count). The van der Waals surface area contributed by atoms with Crippen LogP contribution in [0.3, 0.4) is 0 Å².